The van der Waals surface area contributed by atoms with Crippen LogP contribution in [0.1, 0.15) is 5.89 Å². The third-order valence-electron chi connectivity index (χ3n) is 1.25. The molecule has 0 fully saturated rings. The number of rotatable bonds is 3. The van der Waals surface area contributed by atoms with Crippen molar-refractivity contribution in [3.05, 3.63) is 16.4 Å². The van der Waals surface area contributed by atoms with E-state index in [9.17, 15) is 4.79 Å². The second-order valence-corrected chi connectivity index (χ2v) is 2.16. The average Bonchev–Trinajstić information content (AvgIpc) is 2.34. The molecule has 0 aliphatic heterocycles. The molecule has 12 heavy (non-hydrogen) atoms. The molecule has 0 aliphatic rings. The molecule has 0 unspecified atom stereocenters. The molecule has 0 aliphatic carbocycles. The summed E-state index contributed by atoms with van der Waals surface area (Å²) < 4.78 is 5.82. The molecule has 5 nitrogen and oxygen atoms in total. The van der Waals surface area contributed by atoms with E-state index in [2.05, 4.69) is 11.0 Å². The first-order chi connectivity index (χ1) is 5.77. The molecule has 0 bridgehead atoms. The Morgan fingerprint density at radius 3 is 3.08 bits per heavy atom. The van der Waals surface area contributed by atoms with E-state index in [1.807, 2.05) is 0 Å². The predicted molar refractivity (Wildman–Crippen MR) is 42.4 cm³/mol. The lowest BCUT2D eigenvalue weighted by Crippen LogP contribution is -2.14. The molecule has 0 spiro atoms. The molecule has 5 heteroatoms. The van der Waals surface area contributed by atoms with Gasteiger partial charge in [0.1, 0.15) is 6.54 Å². The quantitative estimate of drug-likeness (QED) is 0.584. The standard InChI is InChI=1S/C7H9N3O2/c1-2-5-10-7(11)12-6(9-10)3-4-8/h1H,3-5,8H2. The van der Waals surface area contributed by atoms with Crippen molar-refractivity contribution in [1.82, 2.24) is 9.78 Å². The summed E-state index contributed by atoms with van der Waals surface area (Å²) in [5, 5.41) is 3.80. The first-order valence-electron chi connectivity index (χ1n) is 3.48. The fourth-order valence-corrected chi connectivity index (χ4v) is 0.760. The van der Waals surface area contributed by atoms with Gasteiger partial charge in [0, 0.05) is 13.0 Å². The molecule has 0 radical (unpaired) electrons. The van der Waals surface area contributed by atoms with E-state index >= 15 is 0 Å². The van der Waals surface area contributed by atoms with Gasteiger partial charge in [0.2, 0.25) is 5.89 Å². The smallest absolute Gasteiger partial charge is 0.392 e. The molecule has 1 aromatic rings. The third kappa shape index (κ3) is 1.74. The summed E-state index contributed by atoms with van der Waals surface area (Å²) in [7, 11) is 0. The van der Waals surface area contributed by atoms with Gasteiger partial charge in [-0.3, -0.25) is 0 Å². The normalized spacial score (nSPS) is 9.67. The Hall–Kier alpha value is -1.54. The van der Waals surface area contributed by atoms with E-state index in [-0.39, 0.29) is 6.54 Å². The molecular formula is C7H9N3O2. The Morgan fingerprint density at radius 2 is 2.50 bits per heavy atom. The van der Waals surface area contributed by atoms with Crippen LogP contribution in [0.4, 0.5) is 0 Å². The number of hydrogen-bond acceptors (Lipinski definition) is 4. The van der Waals surface area contributed by atoms with Crippen molar-refractivity contribution in [1.29, 1.82) is 0 Å². The molecule has 0 saturated carbocycles. The van der Waals surface area contributed by atoms with Gasteiger partial charge in [0.25, 0.3) is 0 Å². The maximum atomic E-state index is 10.9. The van der Waals surface area contributed by atoms with Gasteiger partial charge in [-0.15, -0.1) is 11.5 Å². The number of nitrogens with zero attached hydrogens (tertiary/aromatic N) is 2. The van der Waals surface area contributed by atoms with Crippen LogP contribution in [-0.2, 0) is 13.0 Å². The average molecular weight is 167 g/mol. The highest BCUT2D eigenvalue weighted by molar-refractivity contribution is 4.85. The molecule has 1 heterocycles. The zero-order valence-corrected chi connectivity index (χ0v) is 6.49. The number of terminal acetylenes is 1. The lowest BCUT2D eigenvalue weighted by molar-refractivity contribution is 0.452. The summed E-state index contributed by atoms with van der Waals surface area (Å²) >= 11 is 0. The first kappa shape index (κ1) is 8.56. The van der Waals surface area contributed by atoms with Gasteiger partial charge in [-0.1, -0.05) is 5.92 Å². The third-order valence-corrected chi connectivity index (χ3v) is 1.25. The zero-order chi connectivity index (χ0) is 8.97. The van der Waals surface area contributed by atoms with Gasteiger partial charge in [-0.25, -0.2) is 4.79 Å². The summed E-state index contributed by atoms with van der Waals surface area (Å²) in [5.74, 6) is 2.09. The van der Waals surface area contributed by atoms with Crippen LogP contribution in [0.2, 0.25) is 0 Å². The van der Waals surface area contributed by atoms with Gasteiger partial charge >= 0.3 is 5.76 Å². The monoisotopic (exact) mass is 167 g/mol. The van der Waals surface area contributed by atoms with E-state index in [0.717, 1.165) is 4.68 Å². The molecule has 64 valence electrons. The molecule has 0 saturated heterocycles. The maximum Gasteiger partial charge on any atom is 0.438 e. The summed E-state index contributed by atoms with van der Waals surface area (Å²) in [4.78, 5) is 10.9. The van der Waals surface area contributed by atoms with Gasteiger partial charge in [-0.2, -0.15) is 4.68 Å². The van der Waals surface area contributed by atoms with Crippen LogP contribution in [-0.4, -0.2) is 16.3 Å². The SMILES string of the molecule is C#CCn1nc(CCN)oc1=O. The van der Waals surface area contributed by atoms with Crippen molar-refractivity contribution in [2.24, 2.45) is 5.73 Å². The fraction of sp³-hybridized carbons (Fsp3) is 0.429. The summed E-state index contributed by atoms with van der Waals surface area (Å²) in [5.41, 5.74) is 5.24. The molecule has 0 aromatic carbocycles. The topological polar surface area (TPSA) is 74.1 Å². The number of aromatic nitrogens is 2. The van der Waals surface area contributed by atoms with Gasteiger partial charge in [-0.05, 0) is 0 Å². The van der Waals surface area contributed by atoms with Crippen LogP contribution in [0.5, 0.6) is 0 Å². The Bertz CT molecular complexity index is 344. The molecule has 0 atom stereocenters. The Kier molecular flexibility index (Phi) is 2.66. The second-order valence-electron chi connectivity index (χ2n) is 2.16. The lowest BCUT2D eigenvalue weighted by Gasteiger charge is -1.86. The second kappa shape index (κ2) is 3.74. The molecule has 1 aromatic heterocycles. The van der Waals surface area contributed by atoms with Crippen LogP contribution in [0, 0.1) is 12.3 Å². The van der Waals surface area contributed by atoms with Crippen LogP contribution in [0.25, 0.3) is 0 Å². The minimum absolute atomic E-state index is 0.132. The highest BCUT2D eigenvalue weighted by atomic mass is 16.4. The minimum atomic E-state index is -0.531. The van der Waals surface area contributed by atoms with E-state index in [0.29, 0.717) is 18.9 Å². The van der Waals surface area contributed by atoms with Crippen molar-refractivity contribution in [2.45, 2.75) is 13.0 Å². The summed E-state index contributed by atoms with van der Waals surface area (Å²) in [6.07, 6.45) is 5.45. The molecule has 1 rings (SSSR count). The Balaban J connectivity index is 2.87. The summed E-state index contributed by atoms with van der Waals surface area (Å²) in [6, 6.07) is 0. The largest absolute Gasteiger partial charge is 0.438 e. The Labute approximate surface area is 69.2 Å². The van der Waals surface area contributed by atoms with Crippen molar-refractivity contribution < 1.29 is 4.42 Å². The lowest BCUT2D eigenvalue weighted by atomic mass is 10.4. The van der Waals surface area contributed by atoms with Crippen molar-refractivity contribution in [3.8, 4) is 12.3 Å². The van der Waals surface area contributed by atoms with Crippen LogP contribution < -0.4 is 11.5 Å². The van der Waals surface area contributed by atoms with E-state index in [4.69, 9.17) is 16.6 Å². The fourth-order valence-electron chi connectivity index (χ4n) is 0.760. The van der Waals surface area contributed by atoms with E-state index in [1.54, 1.807) is 0 Å². The van der Waals surface area contributed by atoms with Gasteiger partial charge < -0.3 is 10.2 Å². The van der Waals surface area contributed by atoms with Crippen molar-refractivity contribution in [2.75, 3.05) is 6.54 Å². The van der Waals surface area contributed by atoms with Crippen molar-refractivity contribution in [3.63, 3.8) is 0 Å². The van der Waals surface area contributed by atoms with Gasteiger partial charge in [0.05, 0.1) is 0 Å². The molecule has 0 amide bonds. The highest BCUT2D eigenvalue weighted by Gasteiger charge is 2.04. The van der Waals surface area contributed by atoms with Gasteiger partial charge in [0.15, 0.2) is 0 Å². The maximum absolute atomic E-state index is 10.9. The van der Waals surface area contributed by atoms with E-state index in [1.165, 1.54) is 0 Å². The minimum Gasteiger partial charge on any atom is -0.392 e. The van der Waals surface area contributed by atoms with Crippen molar-refractivity contribution >= 4 is 0 Å². The predicted octanol–water partition coefficient (Wildman–Crippen LogP) is -1.03. The molecular weight excluding hydrogens is 158 g/mol. The number of hydrogen-bond donors (Lipinski definition) is 1. The zero-order valence-electron chi connectivity index (χ0n) is 6.49. The van der Waals surface area contributed by atoms with Crippen LogP contribution in [0.15, 0.2) is 9.21 Å². The van der Waals surface area contributed by atoms with E-state index < -0.39 is 5.76 Å². The Morgan fingerprint density at radius 1 is 1.75 bits per heavy atom. The summed E-state index contributed by atoms with van der Waals surface area (Å²) in [6.45, 7) is 0.531. The highest BCUT2D eigenvalue weighted by Crippen LogP contribution is 1.89. The molecule has 2 N–H and O–H groups in total. The van der Waals surface area contributed by atoms with Crippen LogP contribution >= 0.6 is 0 Å². The van der Waals surface area contributed by atoms with Crippen LogP contribution in [0.3, 0.4) is 0 Å². The first-order valence-corrected chi connectivity index (χ1v) is 3.48. The number of nitrogens with two attached hydrogens (primary N) is 1.